The normalized spacial score (nSPS) is 10.5. The SMILES string of the molecule is CN(CCc1cc(Br)ccc1F)c1nnns1. The van der Waals surface area contributed by atoms with Crippen molar-refractivity contribution in [2.45, 2.75) is 6.42 Å². The lowest BCUT2D eigenvalue weighted by Crippen LogP contribution is -2.20. The lowest BCUT2D eigenvalue weighted by molar-refractivity contribution is 0.608. The van der Waals surface area contributed by atoms with Gasteiger partial charge in [-0.3, -0.25) is 0 Å². The van der Waals surface area contributed by atoms with Crippen molar-refractivity contribution in [2.24, 2.45) is 0 Å². The highest BCUT2D eigenvalue weighted by molar-refractivity contribution is 9.10. The van der Waals surface area contributed by atoms with Gasteiger partial charge in [-0.05, 0) is 35.4 Å². The van der Waals surface area contributed by atoms with Crippen LogP contribution in [0.3, 0.4) is 0 Å². The third-order valence-corrected chi connectivity index (χ3v) is 3.54. The van der Waals surface area contributed by atoms with Crippen molar-refractivity contribution in [3.63, 3.8) is 0 Å². The second-order valence-electron chi connectivity index (χ2n) is 3.55. The van der Waals surface area contributed by atoms with E-state index in [1.54, 1.807) is 12.1 Å². The fourth-order valence-electron chi connectivity index (χ4n) is 1.39. The van der Waals surface area contributed by atoms with Crippen LogP contribution in [0.1, 0.15) is 5.56 Å². The van der Waals surface area contributed by atoms with Crippen LogP contribution in [0.2, 0.25) is 0 Å². The minimum absolute atomic E-state index is 0.183. The molecule has 0 aliphatic carbocycles. The van der Waals surface area contributed by atoms with Crippen LogP contribution in [0, 0.1) is 5.82 Å². The molecule has 4 nitrogen and oxygen atoms in total. The van der Waals surface area contributed by atoms with E-state index >= 15 is 0 Å². The molecule has 0 bridgehead atoms. The quantitative estimate of drug-likeness (QED) is 0.869. The minimum atomic E-state index is -0.183. The lowest BCUT2D eigenvalue weighted by atomic mass is 10.1. The van der Waals surface area contributed by atoms with Gasteiger partial charge in [-0.2, -0.15) is 0 Å². The summed E-state index contributed by atoms with van der Waals surface area (Å²) < 4.78 is 18.1. The predicted octanol–water partition coefficient (Wildman–Crippen LogP) is 2.51. The number of aromatic nitrogens is 3. The molecule has 0 aliphatic rings. The van der Waals surface area contributed by atoms with Crippen LogP contribution in [0.15, 0.2) is 22.7 Å². The molecule has 0 radical (unpaired) electrons. The molecule has 2 rings (SSSR count). The molecule has 0 aliphatic heterocycles. The van der Waals surface area contributed by atoms with Crippen molar-refractivity contribution >= 4 is 32.6 Å². The Bertz CT molecular complexity index is 491. The van der Waals surface area contributed by atoms with Crippen LogP contribution >= 0.6 is 27.5 Å². The van der Waals surface area contributed by atoms with Crippen LogP contribution in [0.25, 0.3) is 0 Å². The Morgan fingerprint density at radius 1 is 1.47 bits per heavy atom. The average Bonchev–Trinajstić information content (AvgIpc) is 2.83. The van der Waals surface area contributed by atoms with Gasteiger partial charge in [0.15, 0.2) is 0 Å². The van der Waals surface area contributed by atoms with Crippen LogP contribution < -0.4 is 4.90 Å². The summed E-state index contributed by atoms with van der Waals surface area (Å²) in [6.07, 6.45) is 0.612. The summed E-state index contributed by atoms with van der Waals surface area (Å²) in [7, 11) is 1.89. The van der Waals surface area contributed by atoms with Gasteiger partial charge in [0.05, 0.1) is 0 Å². The number of hydrogen-bond donors (Lipinski definition) is 0. The van der Waals surface area contributed by atoms with Crippen molar-refractivity contribution in [3.05, 3.63) is 34.1 Å². The minimum Gasteiger partial charge on any atom is -0.348 e. The molecule has 0 amide bonds. The Balaban J connectivity index is 2.00. The highest BCUT2D eigenvalue weighted by Gasteiger charge is 2.08. The van der Waals surface area contributed by atoms with Gasteiger partial charge < -0.3 is 4.90 Å². The maximum absolute atomic E-state index is 13.5. The molecule has 2 aromatic rings. The summed E-state index contributed by atoms with van der Waals surface area (Å²) in [6.45, 7) is 0.671. The van der Waals surface area contributed by atoms with Crippen molar-refractivity contribution in [1.29, 1.82) is 0 Å². The molecular weight excluding hydrogens is 307 g/mol. The Morgan fingerprint density at radius 2 is 2.29 bits per heavy atom. The number of benzene rings is 1. The maximum Gasteiger partial charge on any atom is 0.227 e. The number of hydrogen-bond acceptors (Lipinski definition) is 5. The summed E-state index contributed by atoms with van der Waals surface area (Å²) in [5.41, 5.74) is 0.684. The summed E-state index contributed by atoms with van der Waals surface area (Å²) >= 11 is 4.56. The number of halogens is 2. The third-order valence-electron chi connectivity index (χ3n) is 2.34. The Hall–Kier alpha value is -1.08. The standard InChI is InChI=1S/C10H10BrFN4S/c1-16(10-13-14-15-17-10)5-4-7-6-8(11)2-3-9(7)12/h2-3,6H,4-5H2,1H3. The fraction of sp³-hybridized carbons (Fsp3) is 0.300. The monoisotopic (exact) mass is 316 g/mol. The molecule has 0 spiro atoms. The zero-order valence-electron chi connectivity index (χ0n) is 9.10. The number of rotatable bonds is 4. The fourth-order valence-corrected chi connectivity index (χ4v) is 2.25. The maximum atomic E-state index is 13.5. The van der Waals surface area contributed by atoms with Crippen molar-refractivity contribution in [1.82, 2.24) is 14.8 Å². The van der Waals surface area contributed by atoms with E-state index in [4.69, 9.17) is 0 Å². The molecule has 1 aromatic heterocycles. The van der Waals surface area contributed by atoms with Gasteiger partial charge in [-0.25, -0.2) is 4.39 Å². The van der Waals surface area contributed by atoms with E-state index in [-0.39, 0.29) is 5.82 Å². The lowest BCUT2D eigenvalue weighted by Gasteiger charge is -2.14. The van der Waals surface area contributed by atoms with Gasteiger partial charge in [-0.15, -0.1) is 0 Å². The van der Waals surface area contributed by atoms with E-state index in [1.807, 2.05) is 11.9 Å². The summed E-state index contributed by atoms with van der Waals surface area (Å²) in [6, 6.07) is 4.95. The Morgan fingerprint density at radius 3 is 3.00 bits per heavy atom. The molecule has 0 N–H and O–H groups in total. The zero-order valence-corrected chi connectivity index (χ0v) is 11.5. The highest BCUT2D eigenvalue weighted by Crippen LogP contribution is 2.17. The first-order valence-electron chi connectivity index (χ1n) is 4.97. The zero-order chi connectivity index (χ0) is 12.3. The van der Waals surface area contributed by atoms with Crippen molar-refractivity contribution in [3.8, 4) is 0 Å². The van der Waals surface area contributed by atoms with Gasteiger partial charge in [0, 0.05) is 29.6 Å². The number of likely N-dealkylation sites (N-methyl/N-ethyl adjacent to an activating group) is 1. The molecule has 0 fully saturated rings. The van der Waals surface area contributed by atoms with E-state index in [1.165, 1.54) is 17.6 Å². The Kier molecular flexibility index (Phi) is 4.01. The van der Waals surface area contributed by atoms with Gasteiger partial charge in [0.25, 0.3) is 0 Å². The van der Waals surface area contributed by atoms with Crippen LogP contribution in [0.4, 0.5) is 9.52 Å². The van der Waals surface area contributed by atoms with Crippen molar-refractivity contribution in [2.75, 3.05) is 18.5 Å². The van der Waals surface area contributed by atoms with Crippen LogP contribution in [-0.2, 0) is 6.42 Å². The molecule has 90 valence electrons. The largest absolute Gasteiger partial charge is 0.348 e. The van der Waals surface area contributed by atoms with Crippen LogP contribution in [0.5, 0.6) is 0 Å². The molecule has 1 heterocycles. The van der Waals surface area contributed by atoms with E-state index in [0.29, 0.717) is 18.5 Å². The topological polar surface area (TPSA) is 41.9 Å². The first-order chi connectivity index (χ1) is 8.16. The second kappa shape index (κ2) is 5.50. The smallest absolute Gasteiger partial charge is 0.227 e. The predicted molar refractivity (Wildman–Crippen MR) is 68.8 cm³/mol. The summed E-state index contributed by atoms with van der Waals surface area (Å²) in [4.78, 5) is 1.91. The number of anilines is 1. The van der Waals surface area contributed by atoms with Gasteiger partial charge in [0.2, 0.25) is 5.13 Å². The van der Waals surface area contributed by atoms with E-state index in [2.05, 4.69) is 30.7 Å². The molecule has 0 unspecified atom stereocenters. The van der Waals surface area contributed by atoms with Gasteiger partial charge in [0.1, 0.15) is 5.82 Å². The Labute approximate surface area is 111 Å². The average molecular weight is 317 g/mol. The van der Waals surface area contributed by atoms with Crippen LogP contribution in [-0.4, -0.2) is 28.4 Å². The second-order valence-corrected chi connectivity index (χ2v) is 5.18. The molecular formula is C10H10BrFN4S. The van der Waals surface area contributed by atoms with E-state index < -0.39 is 0 Å². The summed E-state index contributed by atoms with van der Waals surface area (Å²) in [5.74, 6) is -0.183. The van der Waals surface area contributed by atoms with Gasteiger partial charge >= 0.3 is 0 Å². The molecule has 0 atom stereocenters. The molecule has 17 heavy (non-hydrogen) atoms. The first-order valence-corrected chi connectivity index (χ1v) is 6.53. The molecule has 0 saturated carbocycles. The van der Waals surface area contributed by atoms with E-state index in [0.717, 1.165) is 9.60 Å². The first kappa shape index (κ1) is 12.4. The molecule has 0 saturated heterocycles. The van der Waals surface area contributed by atoms with Gasteiger partial charge in [-0.1, -0.05) is 25.5 Å². The summed E-state index contributed by atoms with van der Waals surface area (Å²) in [5, 5.41) is 8.11. The number of nitrogens with zero attached hydrogens (tertiary/aromatic N) is 4. The third kappa shape index (κ3) is 3.19. The van der Waals surface area contributed by atoms with Crippen molar-refractivity contribution < 1.29 is 4.39 Å². The molecule has 7 heteroatoms. The highest BCUT2D eigenvalue weighted by atomic mass is 79.9. The molecule has 1 aromatic carbocycles. The van der Waals surface area contributed by atoms with E-state index in [9.17, 15) is 4.39 Å².